The van der Waals surface area contributed by atoms with Crippen LogP contribution >= 0.6 is 34.9 Å². The van der Waals surface area contributed by atoms with Crippen LogP contribution in [0.25, 0.3) is 16.3 Å². The molecule has 0 bridgehead atoms. The van der Waals surface area contributed by atoms with Gasteiger partial charge in [-0.25, -0.2) is 13.8 Å². The van der Waals surface area contributed by atoms with E-state index < -0.39 is 6.43 Å². The van der Waals surface area contributed by atoms with Crippen LogP contribution in [0.5, 0.6) is 0 Å². The molecule has 2 N–H and O–H groups in total. The van der Waals surface area contributed by atoms with Crippen LogP contribution < -0.4 is 14.9 Å². The van der Waals surface area contributed by atoms with E-state index in [1.54, 1.807) is 11.9 Å². The maximum Gasteiger partial charge on any atom is 0.291 e. The number of aromatic nitrogens is 4. The lowest BCUT2D eigenvalue weighted by Gasteiger charge is -2.49. The van der Waals surface area contributed by atoms with Crippen molar-refractivity contribution in [2.75, 3.05) is 31.1 Å². The van der Waals surface area contributed by atoms with Gasteiger partial charge in [0.15, 0.2) is 21.0 Å². The lowest BCUT2D eigenvalue weighted by Crippen LogP contribution is -2.57. The highest BCUT2D eigenvalue weighted by Gasteiger charge is 2.46. The number of anilines is 1. The van der Waals surface area contributed by atoms with E-state index in [0.29, 0.717) is 21.4 Å². The first-order chi connectivity index (χ1) is 15.3. The fourth-order valence-electron chi connectivity index (χ4n) is 4.46. The van der Waals surface area contributed by atoms with Crippen LogP contribution in [0.4, 0.5) is 14.5 Å². The van der Waals surface area contributed by atoms with Crippen molar-refractivity contribution in [1.29, 1.82) is 0 Å². The number of halogens is 3. The molecule has 170 valence electrons. The van der Waals surface area contributed by atoms with Crippen LogP contribution in [0.1, 0.15) is 37.6 Å². The summed E-state index contributed by atoms with van der Waals surface area (Å²) in [5.74, 6) is 0.438. The molecule has 1 saturated carbocycles. The van der Waals surface area contributed by atoms with Crippen molar-refractivity contribution in [1.82, 2.24) is 29.6 Å². The molecule has 7 nitrogen and oxygen atoms in total. The van der Waals surface area contributed by atoms with E-state index in [9.17, 15) is 8.78 Å². The Balaban J connectivity index is 1.42. The quantitative estimate of drug-likeness (QED) is 0.489. The van der Waals surface area contributed by atoms with E-state index in [1.807, 2.05) is 10.6 Å². The summed E-state index contributed by atoms with van der Waals surface area (Å²) in [7, 11) is 0. The van der Waals surface area contributed by atoms with Gasteiger partial charge in [-0.1, -0.05) is 22.9 Å². The van der Waals surface area contributed by atoms with Crippen LogP contribution in [0, 0.1) is 5.41 Å². The molecule has 0 aromatic carbocycles. The van der Waals surface area contributed by atoms with Gasteiger partial charge in [-0.15, -0.1) is 10.2 Å². The summed E-state index contributed by atoms with van der Waals surface area (Å²) < 4.78 is 31.6. The zero-order valence-corrected chi connectivity index (χ0v) is 19.8. The van der Waals surface area contributed by atoms with E-state index in [1.165, 1.54) is 6.42 Å². The molecule has 0 unspecified atom stereocenters. The number of hydrogen-bond acceptors (Lipinski definition) is 8. The second-order valence-corrected chi connectivity index (χ2v) is 11.5. The number of imidazole rings is 1. The molecule has 2 aliphatic heterocycles. The Bertz CT molecular complexity index is 1180. The van der Waals surface area contributed by atoms with Crippen molar-refractivity contribution in [2.24, 2.45) is 5.41 Å². The molecule has 6 rings (SSSR count). The average molecular weight is 498 g/mol. The zero-order chi connectivity index (χ0) is 22.1. The summed E-state index contributed by atoms with van der Waals surface area (Å²) in [6.07, 6.45) is 2.77. The van der Waals surface area contributed by atoms with E-state index in [0.717, 1.165) is 66.5 Å². The summed E-state index contributed by atoms with van der Waals surface area (Å²) in [6, 6.07) is 2.15. The van der Waals surface area contributed by atoms with Crippen molar-refractivity contribution in [3.8, 4) is 10.8 Å². The van der Waals surface area contributed by atoms with Gasteiger partial charge in [0.1, 0.15) is 5.52 Å². The molecule has 2 saturated heterocycles. The van der Waals surface area contributed by atoms with Gasteiger partial charge in [-0.2, -0.15) is 0 Å². The van der Waals surface area contributed by atoms with Crippen molar-refractivity contribution in [3.63, 3.8) is 0 Å². The van der Waals surface area contributed by atoms with Crippen molar-refractivity contribution in [2.45, 2.75) is 43.0 Å². The average Bonchev–Trinajstić information content (AvgIpc) is 3.15. The number of fused-ring (bicyclic) bond motifs is 1. The molecule has 1 spiro atoms. The third kappa shape index (κ3) is 3.58. The van der Waals surface area contributed by atoms with Gasteiger partial charge in [-0.3, -0.25) is 9.12 Å². The minimum atomic E-state index is -2.66. The molecular weight excluding hydrogens is 476 g/mol. The summed E-state index contributed by atoms with van der Waals surface area (Å²) in [6.45, 7) is 6.22. The predicted molar refractivity (Wildman–Crippen MR) is 123 cm³/mol. The maximum atomic E-state index is 13.1. The van der Waals surface area contributed by atoms with Gasteiger partial charge in [0.25, 0.3) is 6.43 Å². The van der Waals surface area contributed by atoms with Crippen molar-refractivity contribution in [3.05, 3.63) is 22.4 Å². The highest BCUT2D eigenvalue weighted by Crippen LogP contribution is 2.45. The molecule has 3 aliphatic rings. The van der Waals surface area contributed by atoms with E-state index >= 15 is 0 Å². The van der Waals surface area contributed by atoms with Crippen LogP contribution in [0.2, 0.25) is 5.15 Å². The summed E-state index contributed by atoms with van der Waals surface area (Å²) in [4.78, 5) is 7.86. The van der Waals surface area contributed by atoms with Gasteiger partial charge < -0.3 is 10.2 Å². The maximum absolute atomic E-state index is 13.1. The number of alkyl halides is 2. The van der Waals surface area contributed by atoms with Crippen LogP contribution in [-0.2, 0) is 0 Å². The number of nitrogens with zero attached hydrogens (tertiary/aromatic N) is 5. The largest absolute Gasteiger partial charge is 0.368 e. The minimum absolute atomic E-state index is 0.164. The molecule has 0 amide bonds. The van der Waals surface area contributed by atoms with E-state index in [4.69, 9.17) is 11.6 Å². The Morgan fingerprint density at radius 2 is 2.09 bits per heavy atom. The van der Waals surface area contributed by atoms with Crippen LogP contribution in [-0.4, -0.2) is 51.3 Å². The third-order valence-electron chi connectivity index (χ3n) is 6.61. The first-order valence-corrected chi connectivity index (χ1v) is 12.6. The Morgan fingerprint density at radius 1 is 1.28 bits per heavy atom. The smallest absolute Gasteiger partial charge is 0.291 e. The normalized spacial score (nSPS) is 21.1. The predicted octanol–water partition coefficient (Wildman–Crippen LogP) is 4.39. The molecule has 1 aliphatic carbocycles. The Kier molecular flexibility index (Phi) is 4.92. The molecule has 3 aromatic heterocycles. The van der Waals surface area contributed by atoms with E-state index in [2.05, 4.69) is 43.1 Å². The third-order valence-corrected chi connectivity index (χ3v) is 8.85. The van der Waals surface area contributed by atoms with Gasteiger partial charge in [-0.05, 0) is 50.7 Å². The molecule has 3 fully saturated rings. The van der Waals surface area contributed by atoms with E-state index in [-0.39, 0.29) is 10.5 Å². The molecule has 0 atom stereocenters. The lowest BCUT2D eigenvalue weighted by molar-refractivity contribution is 0.150. The Morgan fingerprint density at radius 3 is 2.75 bits per heavy atom. The minimum Gasteiger partial charge on any atom is -0.368 e. The first-order valence-electron chi connectivity index (χ1n) is 10.6. The Labute approximate surface area is 197 Å². The standard InChI is InChI=1S/C20H22ClF2N7S2/c1-19(2-3-19)28-32-11-6-12(29-9-20(10-29)4-5-24-8-20)13-14(21)25-16(30(13)7-11)18-27-26-17(31-18)15(22)23/h6-7,15,24,28H,2-5,8-10H2,1H3. The highest BCUT2D eigenvalue weighted by atomic mass is 35.5. The second-order valence-electron chi connectivity index (χ2n) is 9.30. The summed E-state index contributed by atoms with van der Waals surface area (Å²) >= 11 is 9.04. The first kappa shape index (κ1) is 21.0. The summed E-state index contributed by atoms with van der Waals surface area (Å²) in [5, 5.41) is 11.4. The van der Waals surface area contributed by atoms with Crippen molar-refractivity contribution >= 4 is 46.1 Å². The van der Waals surface area contributed by atoms with Gasteiger partial charge in [0, 0.05) is 41.7 Å². The molecule has 0 radical (unpaired) electrons. The molecule has 5 heterocycles. The molecule has 32 heavy (non-hydrogen) atoms. The highest BCUT2D eigenvalue weighted by molar-refractivity contribution is 7.97. The molecular formula is C20H22ClF2N7S2. The lowest BCUT2D eigenvalue weighted by atomic mass is 9.79. The fraction of sp³-hybridized carbons (Fsp3) is 0.550. The number of hydrogen-bond donors (Lipinski definition) is 2. The molecule has 3 aromatic rings. The summed E-state index contributed by atoms with van der Waals surface area (Å²) in [5.41, 5.74) is 2.27. The number of rotatable bonds is 6. The van der Waals surface area contributed by atoms with Crippen molar-refractivity contribution < 1.29 is 8.78 Å². The van der Waals surface area contributed by atoms with Crippen LogP contribution in [0.15, 0.2) is 17.2 Å². The van der Waals surface area contributed by atoms with Gasteiger partial charge >= 0.3 is 0 Å². The topological polar surface area (TPSA) is 70.4 Å². The number of pyridine rings is 1. The van der Waals surface area contributed by atoms with Gasteiger partial charge in [0.05, 0.1) is 5.69 Å². The van der Waals surface area contributed by atoms with Crippen LogP contribution in [0.3, 0.4) is 0 Å². The second kappa shape index (κ2) is 7.49. The Hall–Kier alpha value is -1.53. The zero-order valence-electron chi connectivity index (χ0n) is 17.4. The van der Waals surface area contributed by atoms with Gasteiger partial charge in [0.2, 0.25) is 0 Å². The SMILES string of the molecule is CC1(NSc2cc(N3CC4(CCNC4)C3)c3c(Cl)nc(-c4nnc(C(F)F)s4)n3c2)CC1. The molecule has 12 heteroatoms. The monoisotopic (exact) mass is 497 g/mol. The fourth-order valence-corrected chi connectivity index (χ4v) is 6.31. The number of nitrogens with one attached hydrogen (secondary N) is 2.